The molecule has 6 heteroatoms. The molecule has 1 aromatic heterocycles. The Balaban J connectivity index is 2.26. The highest BCUT2D eigenvalue weighted by molar-refractivity contribution is 7.99. The molecule has 1 atom stereocenters. The first kappa shape index (κ1) is 13.0. The van der Waals surface area contributed by atoms with Crippen LogP contribution in [-0.2, 0) is 0 Å². The lowest BCUT2D eigenvalue weighted by atomic mass is 10.2. The minimum atomic E-state index is -0.114. The molecule has 0 saturated carbocycles. The van der Waals surface area contributed by atoms with Gasteiger partial charge in [-0.2, -0.15) is 5.26 Å². The van der Waals surface area contributed by atoms with Gasteiger partial charge in [-0.15, -0.1) is 10.2 Å². The van der Waals surface area contributed by atoms with E-state index in [4.69, 9.17) is 9.68 Å². The summed E-state index contributed by atoms with van der Waals surface area (Å²) in [6, 6.07) is 2.44. The molecule has 16 heavy (non-hydrogen) atoms. The lowest BCUT2D eigenvalue weighted by Gasteiger charge is -2.13. The van der Waals surface area contributed by atoms with Gasteiger partial charge < -0.3 is 4.42 Å². The first-order chi connectivity index (χ1) is 7.61. The SMILES string of the molecule is Cc1nnc(SCCC(C#N)NC(C)C)o1. The maximum Gasteiger partial charge on any atom is 0.276 e. The Kier molecular flexibility index (Phi) is 5.29. The number of nitrogens with one attached hydrogen (secondary N) is 1. The molecule has 1 rings (SSSR count). The minimum Gasteiger partial charge on any atom is -0.416 e. The monoisotopic (exact) mass is 240 g/mol. The van der Waals surface area contributed by atoms with E-state index < -0.39 is 0 Å². The average molecular weight is 240 g/mol. The van der Waals surface area contributed by atoms with Crippen molar-refractivity contribution in [3.8, 4) is 6.07 Å². The van der Waals surface area contributed by atoms with Gasteiger partial charge in [-0.25, -0.2) is 0 Å². The molecule has 0 radical (unpaired) electrons. The summed E-state index contributed by atoms with van der Waals surface area (Å²) in [7, 11) is 0. The van der Waals surface area contributed by atoms with Crippen LogP contribution in [0, 0.1) is 18.3 Å². The van der Waals surface area contributed by atoms with Crippen molar-refractivity contribution in [1.82, 2.24) is 15.5 Å². The van der Waals surface area contributed by atoms with E-state index in [-0.39, 0.29) is 6.04 Å². The number of nitrogens with zero attached hydrogens (tertiary/aromatic N) is 3. The van der Waals surface area contributed by atoms with Crippen LogP contribution in [-0.4, -0.2) is 28.0 Å². The van der Waals surface area contributed by atoms with Crippen molar-refractivity contribution in [1.29, 1.82) is 5.26 Å². The molecule has 0 fully saturated rings. The fourth-order valence-electron chi connectivity index (χ4n) is 1.19. The molecule has 0 aliphatic rings. The normalized spacial score (nSPS) is 12.7. The Morgan fingerprint density at radius 2 is 2.25 bits per heavy atom. The number of nitriles is 1. The summed E-state index contributed by atoms with van der Waals surface area (Å²) in [6.45, 7) is 5.81. The van der Waals surface area contributed by atoms with Crippen molar-refractivity contribution in [2.45, 2.75) is 44.5 Å². The third-order valence-corrected chi connectivity index (χ3v) is 2.68. The average Bonchev–Trinajstić information content (AvgIpc) is 2.62. The summed E-state index contributed by atoms with van der Waals surface area (Å²) in [5.74, 6) is 1.36. The van der Waals surface area contributed by atoms with Crippen LogP contribution in [0.3, 0.4) is 0 Å². The van der Waals surface area contributed by atoms with Crippen LogP contribution in [0.15, 0.2) is 9.64 Å². The Morgan fingerprint density at radius 1 is 1.50 bits per heavy atom. The summed E-state index contributed by atoms with van der Waals surface area (Å²) in [4.78, 5) is 0. The van der Waals surface area contributed by atoms with Crippen LogP contribution in [0.2, 0.25) is 0 Å². The van der Waals surface area contributed by atoms with Crippen LogP contribution < -0.4 is 5.32 Å². The molecule has 0 spiro atoms. The maximum atomic E-state index is 8.90. The second-order valence-electron chi connectivity index (χ2n) is 3.73. The number of rotatable bonds is 6. The zero-order valence-corrected chi connectivity index (χ0v) is 10.5. The van der Waals surface area contributed by atoms with Gasteiger partial charge in [0.2, 0.25) is 5.89 Å². The Hall–Kier alpha value is -1.06. The number of hydrogen-bond acceptors (Lipinski definition) is 6. The molecule has 5 nitrogen and oxygen atoms in total. The highest BCUT2D eigenvalue weighted by atomic mass is 32.2. The van der Waals surface area contributed by atoms with Crippen molar-refractivity contribution >= 4 is 11.8 Å². The molecular formula is C10H16N4OS. The zero-order valence-electron chi connectivity index (χ0n) is 9.73. The van der Waals surface area contributed by atoms with Crippen molar-refractivity contribution < 1.29 is 4.42 Å². The van der Waals surface area contributed by atoms with E-state index >= 15 is 0 Å². The minimum absolute atomic E-state index is 0.114. The van der Waals surface area contributed by atoms with Crippen LogP contribution in [0.1, 0.15) is 26.2 Å². The van der Waals surface area contributed by atoms with Crippen molar-refractivity contribution in [3.63, 3.8) is 0 Å². The van der Waals surface area contributed by atoms with Crippen LogP contribution in [0.25, 0.3) is 0 Å². The first-order valence-electron chi connectivity index (χ1n) is 5.20. The van der Waals surface area contributed by atoms with E-state index in [1.54, 1.807) is 6.92 Å². The van der Waals surface area contributed by atoms with Crippen molar-refractivity contribution in [2.24, 2.45) is 0 Å². The van der Waals surface area contributed by atoms with Crippen LogP contribution >= 0.6 is 11.8 Å². The Bertz CT molecular complexity index is 358. The topological polar surface area (TPSA) is 74.7 Å². The molecule has 88 valence electrons. The summed E-state index contributed by atoms with van der Waals surface area (Å²) >= 11 is 1.48. The maximum absolute atomic E-state index is 8.90. The molecule has 0 amide bonds. The highest BCUT2D eigenvalue weighted by Gasteiger charge is 2.09. The van der Waals surface area contributed by atoms with E-state index in [9.17, 15) is 0 Å². The van der Waals surface area contributed by atoms with Gasteiger partial charge in [-0.05, 0) is 20.3 Å². The number of aryl methyl sites for hydroxylation is 1. The predicted molar refractivity (Wildman–Crippen MR) is 62.0 cm³/mol. The molecule has 0 aliphatic heterocycles. The van der Waals surface area contributed by atoms with Gasteiger partial charge in [0.15, 0.2) is 0 Å². The van der Waals surface area contributed by atoms with Crippen molar-refractivity contribution in [2.75, 3.05) is 5.75 Å². The van der Waals surface area contributed by atoms with Crippen LogP contribution in [0.4, 0.5) is 0 Å². The molecule has 1 N–H and O–H groups in total. The quantitative estimate of drug-likeness (QED) is 0.763. The lowest BCUT2D eigenvalue weighted by molar-refractivity contribution is 0.429. The number of hydrogen-bond donors (Lipinski definition) is 1. The molecule has 0 bridgehead atoms. The first-order valence-corrected chi connectivity index (χ1v) is 6.19. The van der Waals surface area contributed by atoms with Gasteiger partial charge in [0.05, 0.1) is 12.1 Å². The van der Waals surface area contributed by atoms with E-state index in [0.29, 0.717) is 17.2 Å². The second kappa shape index (κ2) is 6.51. The fraction of sp³-hybridized carbons (Fsp3) is 0.700. The lowest BCUT2D eigenvalue weighted by Crippen LogP contribution is -2.33. The molecule has 0 saturated heterocycles. The largest absolute Gasteiger partial charge is 0.416 e. The van der Waals surface area contributed by atoms with E-state index in [1.165, 1.54) is 11.8 Å². The second-order valence-corrected chi connectivity index (χ2v) is 4.77. The van der Waals surface area contributed by atoms with Gasteiger partial charge in [-0.3, -0.25) is 5.32 Å². The van der Waals surface area contributed by atoms with Gasteiger partial charge in [0.25, 0.3) is 5.22 Å². The van der Waals surface area contributed by atoms with Gasteiger partial charge in [0, 0.05) is 18.7 Å². The summed E-state index contributed by atoms with van der Waals surface area (Å²) in [6.07, 6.45) is 0.765. The Labute approximate surface area is 99.6 Å². The smallest absolute Gasteiger partial charge is 0.276 e. The number of aromatic nitrogens is 2. The Morgan fingerprint density at radius 3 is 2.75 bits per heavy atom. The molecule has 1 unspecified atom stereocenters. The summed E-state index contributed by atoms with van der Waals surface area (Å²) in [5.41, 5.74) is 0. The molecule has 0 aliphatic carbocycles. The third-order valence-electron chi connectivity index (χ3n) is 1.83. The molecule has 0 aromatic carbocycles. The molecular weight excluding hydrogens is 224 g/mol. The van der Waals surface area contributed by atoms with E-state index in [0.717, 1.165) is 12.2 Å². The summed E-state index contributed by atoms with van der Waals surface area (Å²) < 4.78 is 5.22. The highest BCUT2D eigenvalue weighted by Crippen LogP contribution is 2.17. The number of thioether (sulfide) groups is 1. The standard InChI is InChI=1S/C10H16N4OS/c1-7(2)12-9(6-11)4-5-16-10-14-13-8(3)15-10/h7,9,12H,4-5H2,1-3H3. The fourth-order valence-corrected chi connectivity index (χ4v) is 1.99. The van der Waals surface area contributed by atoms with E-state index in [1.807, 2.05) is 13.8 Å². The third kappa shape index (κ3) is 4.64. The predicted octanol–water partition coefficient (Wildman–Crippen LogP) is 1.75. The van der Waals surface area contributed by atoms with Gasteiger partial charge in [-0.1, -0.05) is 11.8 Å². The summed E-state index contributed by atoms with van der Waals surface area (Å²) in [5, 5.41) is 20.3. The molecule has 1 heterocycles. The molecule has 1 aromatic rings. The zero-order chi connectivity index (χ0) is 12.0. The van der Waals surface area contributed by atoms with Crippen LogP contribution in [0.5, 0.6) is 0 Å². The van der Waals surface area contributed by atoms with E-state index in [2.05, 4.69) is 21.6 Å². The van der Waals surface area contributed by atoms with Crippen molar-refractivity contribution in [3.05, 3.63) is 5.89 Å². The van der Waals surface area contributed by atoms with Gasteiger partial charge in [0.1, 0.15) is 0 Å². The van der Waals surface area contributed by atoms with Gasteiger partial charge >= 0.3 is 0 Å².